The number of hydrogen-bond donors (Lipinski definition) is 3. The Balaban J connectivity index is 2.63. The van der Waals surface area contributed by atoms with E-state index in [4.69, 9.17) is 10.2 Å². The molecule has 6 nitrogen and oxygen atoms in total. The number of rotatable bonds is 7. The molecule has 1 aromatic carbocycles. The minimum atomic E-state index is -1.17. The molecule has 0 spiro atoms. The second kappa shape index (κ2) is 7.28. The first-order valence-corrected chi connectivity index (χ1v) is 6.22. The number of carbonyl (C=O) groups is 3. The number of aryl methyl sites for hydroxylation is 1. The highest BCUT2D eigenvalue weighted by Crippen LogP contribution is 2.06. The Kier molecular flexibility index (Phi) is 5.71. The first-order valence-electron chi connectivity index (χ1n) is 6.22. The van der Waals surface area contributed by atoms with Gasteiger partial charge in [0.2, 0.25) is 0 Å². The zero-order valence-corrected chi connectivity index (χ0v) is 11.1. The Morgan fingerprint density at radius 2 is 1.95 bits per heavy atom. The predicted molar refractivity (Wildman–Crippen MR) is 71.6 cm³/mol. The fraction of sp³-hybridized carbons (Fsp3) is 0.357. The normalized spacial score (nSPS) is 11.7. The summed E-state index contributed by atoms with van der Waals surface area (Å²) in [4.78, 5) is 33.4. The lowest BCUT2D eigenvalue weighted by molar-refractivity contribution is -0.140. The van der Waals surface area contributed by atoms with Crippen LogP contribution in [0.4, 0.5) is 0 Å². The Labute approximate surface area is 116 Å². The molecule has 0 saturated heterocycles. The number of carboxylic acid groups (broad SMARTS) is 2. The van der Waals surface area contributed by atoms with Gasteiger partial charge in [0, 0.05) is 12.0 Å². The van der Waals surface area contributed by atoms with Crippen molar-refractivity contribution in [3.05, 3.63) is 35.4 Å². The van der Waals surface area contributed by atoms with Crippen LogP contribution in [0.25, 0.3) is 0 Å². The van der Waals surface area contributed by atoms with E-state index in [-0.39, 0.29) is 19.3 Å². The molecule has 3 N–H and O–H groups in total. The summed E-state index contributed by atoms with van der Waals surface area (Å²) in [6.07, 6.45) is 0.156. The minimum absolute atomic E-state index is 0.0825. The van der Waals surface area contributed by atoms with E-state index in [9.17, 15) is 14.4 Å². The van der Waals surface area contributed by atoms with Crippen LogP contribution < -0.4 is 5.32 Å². The fourth-order valence-electron chi connectivity index (χ4n) is 1.74. The van der Waals surface area contributed by atoms with Crippen molar-refractivity contribution >= 4 is 17.8 Å². The van der Waals surface area contributed by atoms with Gasteiger partial charge in [-0.1, -0.05) is 17.7 Å². The lowest BCUT2D eigenvalue weighted by Crippen LogP contribution is -2.40. The molecule has 0 heterocycles. The summed E-state index contributed by atoms with van der Waals surface area (Å²) in [7, 11) is 0. The molecule has 1 rings (SSSR count). The van der Waals surface area contributed by atoms with Gasteiger partial charge in [0.25, 0.3) is 5.91 Å². The van der Waals surface area contributed by atoms with Crippen molar-refractivity contribution in [2.45, 2.75) is 32.2 Å². The van der Waals surface area contributed by atoms with Gasteiger partial charge < -0.3 is 15.5 Å². The molecular weight excluding hydrogens is 262 g/mol. The second-order valence-electron chi connectivity index (χ2n) is 4.52. The van der Waals surface area contributed by atoms with E-state index in [1.165, 1.54) is 0 Å². The minimum Gasteiger partial charge on any atom is -0.481 e. The lowest BCUT2D eigenvalue weighted by Gasteiger charge is -2.14. The van der Waals surface area contributed by atoms with Gasteiger partial charge in [0.05, 0.1) is 0 Å². The van der Waals surface area contributed by atoms with Crippen molar-refractivity contribution < 1.29 is 24.6 Å². The van der Waals surface area contributed by atoms with Crippen LogP contribution >= 0.6 is 0 Å². The summed E-state index contributed by atoms with van der Waals surface area (Å²) in [5.41, 5.74) is 1.28. The number of aliphatic carboxylic acids is 2. The quantitative estimate of drug-likeness (QED) is 0.700. The SMILES string of the molecule is Cc1cccc(C(=O)N[C@H](CCCC(=O)O)C(=O)O)c1. The van der Waals surface area contributed by atoms with Gasteiger partial charge in [-0.25, -0.2) is 4.79 Å². The lowest BCUT2D eigenvalue weighted by atomic mass is 10.1. The molecule has 1 aromatic rings. The molecule has 1 amide bonds. The van der Waals surface area contributed by atoms with Crippen molar-refractivity contribution in [3.63, 3.8) is 0 Å². The van der Waals surface area contributed by atoms with E-state index in [1.54, 1.807) is 18.2 Å². The van der Waals surface area contributed by atoms with Gasteiger partial charge in [-0.05, 0) is 31.9 Å². The predicted octanol–water partition coefficient (Wildman–Crippen LogP) is 1.43. The van der Waals surface area contributed by atoms with Crippen LogP contribution in [0.5, 0.6) is 0 Å². The average molecular weight is 279 g/mol. The van der Waals surface area contributed by atoms with Crippen molar-refractivity contribution in [1.82, 2.24) is 5.32 Å². The molecule has 20 heavy (non-hydrogen) atoms. The molecule has 0 fully saturated rings. The van der Waals surface area contributed by atoms with E-state index in [2.05, 4.69) is 5.32 Å². The van der Waals surface area contributed by atoms with Crippen molar-refractivity contribution in [2.24, 2.45) is 0 Å². The molecule has 0 saturated carbocycles. The zero-order valence-electron chi connectivity index (χ0n) is 11.1. The Bertz CT molecular complexity index is 512. The summed E-state index contributed by atoms with van der Waals surface area (Å²) < 4.78 is 0. The number of carbonyl (C=O) groups excluding carboxylic acids is 1. The largest absolute Gasteiger partial charge is 0.481 e. The molecule has 0 aromatic heterocycles. The summed E-state index contributed by atoms with van der Waals surface area (Å²) in [5.74, 6) is -2.63. The maximum Gasteiger partial charge on any atom is 0.326 e. The smallest absolute Gasteiger partial charge is 0.326 e. The van der Waals surface area contributed by atoms with Crippen LogP contribution in [0, 0.1) is 6.92 Å². The third kappa shape index (κ3) is 5.09. The van der Waals surface area contributed by atoms with Gasteiger partial charge in [-0.2, -0.15) is 0 Å². The summed E-state index contributed by atoms with van der Waals surface area (Å²) in [6.45, 7) is 1.83. The molecule has 0 aliphatic carbocycles. The summed E-state index contributed by atoms with van der Waals surface area (Å²) in [6, 6.07) is 5.72. The maximum atomic E-state index is 11.9. The van der Waals surface area contributed by atoms with Crippen LogP contribution in [-0.2, 0) is 9.59 Å². The highest BCUT2D eigenvalue weighted by molar-refractivity contribution is 5.96. The molecule has 1 atom stereocenters. The molecule has 0 unspecified atom stereocenters. The fourth-order valence-corrected chi connectivity index (χ4v) is 1.74. The van der Waals surface area contributed by atoms with Gasteiger partial charge in [-0.3, -0.25) is 9.59 Å². The molecule has 0 radical (unpaired) electrons. The van der Waals surface area contributed by atoms with E-state index in [1.807, 2.05) is 13.0 Å². The zero-order chi connectivity index (χ0) is 15.1. The van der Waals surface area contributed by atoms with Crippen molar-refractivity contribution in [3.8, 4) is 0 Å². The van der Waals surface area contributed by atoms with Crippen LogP contribution in [0.15, 0.2) is 24.3 Å². The van der Waals surface area contributed by atoms with Gasteiger partial charge >= 0.3 is 11.9 Å². The Morgan fingerprint density at radius 1 is 1.25 bits per heavy atom. The van der Waals surface area contributed by atoms with E-state index in [0.717, 1.165) is 5.56 Å². The Morgan fingerprint density at radius 3 is 2.50 bits per heavy atom. The average Bonchev–Trinajstić information content (AvgIpc) is 2.36. The molecule has 6 heteroatoms. The number of amides is 1. The van der Waals surface area contributed by atoms with E-state index < -0.39 is 23.9 Å². The highest BCUT2D eigenvalue weighted by atomic mass is 16.4. The molecule has 108 valence electrons. The van der Waals surface area contributed by atoms with Crippen LogP contribution in [0.3, 0.4) is 0 Å². The topological polar surface area (TPSA) is 104 Å². The molecule has 0 aliphatic rings. The highest BCUT2D eigenvalue weighted by Gasteiger charge is 2.20. The number of carboxylic acids is 2. The monoisotopic (exact) mass is 279 g/mol. The van der Waals surface area contributed by atoms with Gasteiger partial charge in [0.15, 0.2) is 0 Å². The molecule has 0 bridgehead atoms. The van der Waals surface area contributed by atoms with Crippen LogP contribution in [-0.4, -0.2) is 34.1 Å². The van der Waals surface area contributed by atoms with E-state index in [0.29, 0.717) is 5.56 Å². The Hall–Kier alpha value is -2.37. The molecular formula is C14H17NO5. The van der Waals surface area contributed by atoms with Gasteiger partial charge in [0.1, 0.15) is 6.04 Å². The van der Waals surface area contributed by atoms with Crippen molar-refractivity contribution in [1.29, 1.82) is 0 Å². The second-order valence-corrected chi connectivity index (χ2v) is 4.52. The van der Waals surface area contributed by atoms with E-state index >= 15 is 0 Å². The number of hydrogen-bond acceptors (Lipinski definition) is 3. The third-order valence-electron chi connectivity index (χ3n) is 2.77. The van der Waals surface area contributed by atoms with Crippen LogP contribution in [0.2, 0.25) is 0 Å². The number of benzene rings is 1. The molecule has 0 aliphatic heterocycles. The third-order valence-corrected chi connectivity index (χ3v) is 2.77. The summed E-state index contributed by atoms with van der Waals surface area (Å²) >= 11 is 0. The van der Waals surface area contributed by atoms with Gasteiger partial charge in [-0.15, -0.1) is 0 Å². The summed E-state index contributed by atoms with van der Waals surface area (Å²) in [5, 5.41) is 19.9. The first kappa shape index (κ1) is 15.7. The first-order chi connectivity index (χ1) is 9.40. The number of nitrogens with one attached hydrogen (secondary N) is 1. The maximum absolute atomic E-state index is 11.9. The van der Waals surface area contributed by atoms with Crippen LogP contribution in [0.1, 0.15) is 35.2 Å². The standard InChI is InChI=1S/C14H17NO5/c1-9-4-2-5-10(8-9)13(18)15-11(14(19)20)6-3-7-12(16)17/h2,4-5,8,11H,3,6-7H2,1H3,(H,15,18)(H,16,17)(H,19,20)/t11-/m1/s1. The van der Waals surface area contributed by atoms with Crippen molar-refractivity contribution in [2.75, 3.05) is 0 Å².